The summed E-state index contributed by atoms with van der Waals surface area (Å²) in [4.78, 5) is 15.3. The molecular weight excluding hydrogens is 275 g/mol. The summed E-state index contributed by atoms with van der Waals surface area (Å²) in [5.74, 6) is -0.996. The van der Waals surface area contributed by atoms with Crippen LogP contribution in [0, 0.1) is 5.82 Å². The van der Waals surface area contributed by atoms with Gasteiger partial charge in [0, 0.05) is 6.54 Å². The van der Waals surface area contributed by atoms with Crippen LogP contribution < -0.4 is 5.32 Å². The molecule has 0 aliphatic carbocycles. The lowest BCUT2D eigenvalue weighted by Crippen LogP contribution is -2.26. The molecule has 1 amide bonds. The minimum Gasteiger partial charge on any atom is -0.352 e. The summed E-state index contributed by atoms with van der Waals surface area (Å²) in [6, 6.07) is 3.07. The highest BCUT2D eigenvalue weighted by Gasteiger charge is 2.12. The smallest absolute Gasteiger partial charge is 0.254 e. The summed E-state index contributed by atoms with van der Waals surface area (Å²) >= 11 is 7.34. The largest absolute Gasteiger partial charge is 0.352 e. The van der Waals surface area contributed by atoms with Gasteiger partial charge in [-0.1, -0.05) is 11.6 Å². The van der Waals surface area contributed by atoms with Crippen LogP contribution in [0.5, 0.6) is 0 Å². The van der Waals surface area contributed by atoms with Crippen LogP contribution in [0.2, 0.25) is 5.15 Å². The number of carbonyl (C=O) groups is 1. The van der Waals surface area contributed by atoms with E-state index in [1.165, 1.54) is 0 Å². The maximum absolute atomic E-state index is 13.0. The quantitative estimate of drug-likeness (QED) is 0.877. The van der Waals surface area contributed by atoms with E-state index >= 15 is 0 Å². The van der Waals surface area contributed by atoms with Crippen LogP contribution >= 0.6 is 22.9 Å². The second kappa shape index (κ2) is 5.93. The van der Waals surface area contributed by atoms with Gasteiger partial charge in [0.2, 0.25) is 0 Å². The van der Waals surface area contributed by atoms with Gasteiger partial charge >= 0.3 is 0 Å². The number of amides is 1. The third kappa shape index (κ3) is 3.27. The Hall–Kier alpha value is -1.46. The molecule has 0 aliphatic rings. The zero-order chi connectivity index (χ0) is 13.0. The summed E-state index contributed by atoms with van der Waals surface area (Å²) in [7, 11) is 0. The van der Waals surface area contributed by atoms with E-state index in [2.05, 4.69) is 10.3 Å². The van der Waals surface area contributed by atoms with Gasteiger partial charge in [-0.3, -0.25) is 4.79 Å². The predicted octanol–water partition coefficient (Wildman–Crippen LogP) is 2.91. The first-order valence-corrected chi connectivity index (χ1v) is 6.59. The van der Waals surface area contributed by atoms with E-state index in [1.807, 2.05) is 16.8 Å². The average molecular weight is 285 g/mol. The van der Waals surface area contributed by atoms with Gasteiger partial charge in [0.1, 0.15) is 11.0 Å². The van der Waals surface area contributed by atoms with E-state index < -0.39 is 11.7 Å². The van der Waals surface area contributed by atoms with Crippen molar-refractivity contribution in [3.63, 3.8) is 0 Å². The first kappa shape index (κ1) is 13.0. The molecular formula is C12H10ClFN2OS. The average Bonchev–Trinajstić information content (AvgIpc) is 2.85. The molecule has 94 valence electrons. The summed E-state index contributed by atoms with van der Waals surface area (Å²) in [6.07, 6.45) is 1.71. The van der Waals surface area contributed by atoms with Gasteiger partial charge in [0.25, 0.3) is 5.91 Å². The molecule has 2 aromatic rings. The summed E-state index contributed by atoms with van der Waals surface area (Å²) in [5, 5.41) is 6.68. The highest BCUT2D eigenvalue weighted by molar-refractivity contribution is 7.07. The molecule has 0 unspecified atom stereocenters. The van der Waals surface area contributed by atoms with E-state index in [-0.39, 0.29) is 10.7 Å². The van der Waals surface area contributed by atoms with Crippen molar-refractivity contribution in [1.29, 1.82) is 0 Å². The third-order valence-electron chi connectivity index (χ3n) is 2.33. The Morgan fingerprint density at radius 3 is 3.11 bits per heavy atom. The maximum atomic E-state index is 13.0. The number of carbonyl (C=O) groups excluding carboxylic acids is 1. The molecule has 0 fully saturated rings. The van der Waals surface area contributed by atoms with Crippen LogP contribution in [0.15, 0.2) is 29.1 Å². The monoisotopic (exact) mass is 284 g/mol. The van der Waals surface area contributed by atoms with Gasteiger partial charge < -0.3 is 5.32 Å². The third-order valence-corrected chi connectivity index (χ3v) is 3.36. The van der Waals surface area contributed by atoms with Crippen LogP contribution in [0.3, 0.4) is 0 Å². The molecule has 0 spiro atoms. The number of nitrogens with zero attached hydrogens (tertiary/aromatic N) is 1. The standard InChI is InChI=1S/C12H10ClFN2OS/c13-11-10(5-9(14)6-16-11)12(17)15-3-1-8-2-4-18-7-8/h2,4-7H,1,3H2,(H,15,17). The van der Waals surface area contributed by atoms with Crippen molar-refractivity contribution in [3.8, 4) is 0 Å². The van der Waals surface area contributed by atoms with Crippen LogP contribution in [0.4, 0.5) is 4.39 Å². The molecule has 2 aromatic heterocycles. The Morgan fingerprint density at radius 2 is 2.39 bits per heavy atom. The van der Waals surface area contributed by atoms with Crippen molar-refractivity contribution in [2.24, 2.45) is 0 Å². The number of pyridine rings is 1. The molecule has 0 saturated carbocycles. The molecule has 0 saturated heterocycles. The van der Waals surface area contributed by atoms with E-state index in [1.54, 1.807) is 11.3 Å². The number of rotatable bonds is 4. The van der Waals surface area contributed by atoms with Crippen LogP contribution in [-0.2, 0) is 6.42 Å². The highest BCUT2D eigenvalue weighted by atomic mass is 35.5. The van der Waals surface area contributed by atoms with Crippen LogP contribution in [-0.4, -0.2) is 17.4 Å². The fourth-order valence-electron chi connectivity index (χ4n) is 1.43. The van der Waals surface area contributed by atoms with E-state index in [9.17, 15) is 9.18 Å². The Kier molecular flexibility index (Phi) is 4.28. The SMILES string of the molecule is O=C(NCCc1ccsc1)c1cc(F)cnc1Cl. The van der Waals surface area contributed by atoms with Crippen LogP contribution in [0.25, 0.3) is 0 Å². The van der Waals surface area contributed by atoms with Gasteiger partial charge in [-0.15, -0.1) is 0 Å². The number of hydrogen-bond acceptors (Lipinski definition) is 3. The Morgan fingerprint density at radius 1 is 1.56 bits per heavy atom. The topological polar surface area (TPSA) is 42.0 Å². The fraction of sp³-hybridized carbons (Fsp3) is 0.167. The van der Waals surface area contributed by atoms with E-state index in [0.29, 0.717) is 6.54 Å². The molecule has 0 atom stereocenters. The van der Waals surface area contributed by atoms with Gasteiger partial charge in [0.15, 0.2) is 0 Å². The lowest BCUT2D eigenvalue weighted by Gasteiger charge is -2.05. The molecule has 6 heteroatoms. The highest BCUT2D eigenvalue weighted by Crippen LogP contribution is 2.13. The fourth-order valence-corrected chi connectivity index (χ4v) is 2.32. The van der Waals surface area contributed by atoms with Gasteiger partial charge in [-0.2, -0.15) is 11.3 Å². The maximum Gasteiger partial charge on any atom is 0.254 e. The molecule has 2 heterocycles. The summed E-state index contributed by atoms with van der Waals surface area (Å²) in [6.45, 7) is 0.475. The Labute approximate surface area is 113 Å². The molecule has 0 aromatic carbocycles. The molecule has 18 heavy (non-hydrogen) atoms. The molecule has 1 N–H and O–H groups in total. The number of hydrogen-bond donors (Lipinski definition) is 1. The lowest BCUT2D eigenvalue weighted by atomic mass is 10.2. The minimum absolute atomic E-state index is 0.00410. The Bertz CT molecular complexity index is 545. The minimum atomic E-state index is -0.581. The molecule has 2 rings (SSSR count). The lowest BCUT2D eigenvalue weighted by molar-refractivity contribution is 0.0953. The van der Waals surface area contributed by atoms with Crippen molar-refractivity contribution < 1.29 is 9.18 Å². The number of halogens is 2. The second-order valence-electron chi connectivity index (χ2n) is 3.63. The zero-order valence-electron chi connectivity index (χ0n) is 9.32. The van der Waals surface area contributed by atoms with Gasteiger partial charge in [-0.05, 0) is 34.9 Å². The van der Waals surface area contributed by atoms with Crippen molar-refractivity contribution in [1.82, 2.24) is 10.3 Å². The van der Waals surface area contributed by atoms with E-state index in [4.69, 9.17) is 11.6 Å². The number of nitrogens with one attached hydrogen (secondary N) is 1. The zero-order valence-corrected chi connectivity index (χ0v) is 10.9. The van der Waals surface area contributed by atoms with Crippen molar-refractivity contribution in [2.75, 3.05) is 6.54 Å². The molecule has 0 radical (unpaired) electrons. The first-order valence-electron chi connectivity index (χ1n) is 5.27. The van der Waals surface area contributed by atoms with Crippen molar-refractivity contribution in [2.45, 2.75) is 6.42 Å². The Balaban J connectivity index is 1.93. The molecule has 3 nitrogen and oxygen atoms in total. The molecule has 0 bridgehead atoms. The number of thiophene rings is 1. The summed E-state index contributed by atoms with van der Waals surface area (Å²) in [5.41, 5.74) is 1.21. The predicted molar refractivity (Wildman–Crippen MR) is 69.6 cm³/mol. The van der Waals surface area contributed by atoms with Crippen molar-refractivity contribution in [3.05, 3.63) is 51.2 Å². The number of aromatic nitrogens is 1. The van der Waals surface area contributed by atoms with Crippen molar-refractivity contribution >= 4 is 28.8 Å². The van der Waals surface area contributed by atoms with Crippen LogP contribution in [0.1, 0.15) is 15.9 Å². The van der Waals surface area contributed by atoms with Gasteiger partial charge in [0.05, 0.1) is 11.8 Å². The van der Waals surface area contributed by atoms with Gasteiger partial charge in [-0.25, -0.2) is 9.37 Å². The second-order valence-corrected chi connectivity index (χ2v) is 4.77. The molecule has 0 aliphatic heterocycles. The summed E-state index contributed by atoms with van der Waals surface area (Å²) < 4.78 is 13.0. The first-order chi connectivity index (χ1) is 8.66. The van der Waals surface area contributed by atoms with E-state index in [0.717, 1.165) is 24.2 Å². The normalized spacial score (nSPS) is 10.3.